The van der Waals surface area contributed by atoms with Crippen LogP contribution in [0.2, 0.25) is 0 Å². The van der Waals surface area contributed by atoms with Crippen LogP contribution in [-0.2, 0) is 0 Å². The largest absolute Gasteiger partial charge is 0.396 e. The van der Waals surface area contributed by atoms with E-state index in [1.165, 1.54) is 32.1 Å². The van der Waals surface area contributed by atoms with Crippen molar-refractivity contribution in [2.45, 2.75) is 45.4 Å². The van der Waals surface area contributed by atoms with E-state index in [9.17, 15) is 0 Å². The second-order valence-corrected chi connectivity index (χ2v) is 4.63. The number of nitrogens with one attached hydrogen (secondary N) is 1. The highest BCUT2D eigenvalue weighted by atomic mass is 16.3. The normalized spacial score (nSPS) is 21.7. The molecule has 0 heterocycles. The fraction of sp³-hybridized carbons (Fsp3) is 1.00. The Labute approximate surface area is 81.7 Å². The number of aliphatic hydroxyl groups is 1. The van der Waals surface area contributed by atoms with Crippen molar-refractivity contribution >= 4 is 0 Å². The molecule has 0 aromatic rings. The summed E-state index contributed by atoms with van der Waals surface area (Å²) in [6.07, 6.45) is 7.86. The molecule has 0 bridgehead atoms. The first kappa shape index (κ1) is 11.0. The first-order valence-electron chi connectivity index (χ1n) is 5.58. The van der Waals surface area contributed by atoms with Crippen LogP contribution in [0.1, 0.15) is 45.4 Å². The van der Waals surface area contributed by atoms with Gasteiger partial charge in [-0.2, -0.15) is 0 Å². The van der Waals surface area contributed by atoms with Crippen LogP contribution in [0.15, 0.2) is 0 Å². The molecule has 0 atom stereocenters. The molecule has 0 saturated heterocycles. The summed E-state index contributed by atoms with van der Waals surface area (Å²) in [6.45, 7) is 4.79. The Morgan fingerprint density at radius 1 is 1.23 bits per heavy atom. The maximum atomic E-state index is 8.63. The highest BCUT2D eigenvalue weighted by molar-refractivity contribution is 4.80. The van der Waals surface area contributed by atoms with E-state index < -0.39 is 0 Å². The third-order valence-corrected chi connectivity index (χ3v) is 3.12. The molecule has 2 N–H and O–H groups in total. The molecule has 0 aromatic carbocycles. The monoisotopic (exact) mass is 185 g/mol. The minimum Gasteiger partial charge on any atom is -0.396 e. The Kier molecular flexibility index (Phi) is 4.74. The molecular formula is C11H23NO. The van der Waals surface area contributed by atoms with Crippen molar-refractivity contribution in [1.82, 2.24) is 5.32 Å². The van der Waals surface area contributed by atoms with Gasteiger partial charge < -0.3 is 10.4 Å². The fourth-order valence-electron chi connectivity index (χ4n) is 2.18. The van der Waals surface area contributed by atoms with Crippen LogP contribution in [0.4, 0.5) is 0 Å². The number of aliphatic hydroxyl groups excluding tert-OH is 1. The molecule has 2 heteroatoms. The minimum atomic E-state index is 0.309. The Balaban J connectivity index is 2.10. The molecule has 0 aliphatic heterocycles. The zero-order valence-electron chi connectivity index (χ0n) is 8.81. The van der Waals surface area contributed by atoms with E-state index in [0.717, 1.165) is 19.5 Å². The highest BCUT2D eigenvalue weighted by Gasteiger charge is 2.25. The molecule has 0 spiro atoms. The molecule has 2 nitrogen and oxygen atoms in total. The maximum absolute atomic E-state index is 8.63. The maximum Gasteiger partial charge on any atom is 0.0443 e. The van der Waals surface area contributed by atoms with Crippen molar-refractivity contribution in [2.24, 2.45) is 5.41 Å². The summed E-state index contributed by atoms with van der Waals surface area (Å²) < 4.78 is 0. The lowest BCUT2D eigenvalue weighted by Crippen LogP contribution is -2.34. The van der Waals surface area contributed by atoms with E-state index in [1.807, 2.05) is 0 Å². The van der Waals surface area contributed by atoms with E-state index in [0.29, 0.717) is 12.0 Å². The van der Waals surface area contributed by atoms with E-state index in [-0.39, 0.29) is 0 Å². The average Bonchev–Trinajstić information content (AvgIpc) is 2.14. The zero-order valence-corrected chi connectivity index (χ0v) is 8.81. The molecule has 0 amide bonds. The minimum absolute atomic E-state index is 0.309. The molecule has 0 aromatic heterocycles. The molecule has 13 heavy (non-hydrogen) atoms. The summed E-state index contributed by atoms with van der Waals surface area (Å²) in [5.74, 6) is 0. The van der Waals surface area contributed by atoms with Gasteiger partial charge in [0.2, 0.25) is 0 Å². The summed E-state index contributed by atoms with van der Waals surface area (Å²) in [7, 11) is 0. The summed E-state index contributed by atoms with van der Waals surface area (Å²) in [5.41, 5.74) is 0.535. The first-order chi connectivity index (χ1) is 6.27. The van der Waals surface area contributed by atoms with Crippen molar-refractivity contribution < 1.29 is 5.11 Å². The Morgan fingerprint density at radius 2 is 1.92 bits per heavy atom. The summed E-state index contributed by atoms with van der Waals surface area (Å²) >= 11 is 0. The lowest BCUT2D eigenvalue weighted by Gasteiger charge is -2.33. The SMILES string of the molecule is CC1(CNCCCO)CCCCC1. The van der Waals surface area contributed by atoms with Gasteiger partial charge in [0.15, 0.2) is 0 Å². The Bertz CT molecular complexity index is 130. The van der Waals surface area contributed by atoms with E-state index in [1.54, 1.807) is 0 Å². The van der Waals surface area contributed by atoms with Crippen molar-refractivity contribution in [1.29, 1.82) is 0 Å². The third-order valence-electron chi connectivity index (χ3n) is 3.12. The lowest BCUT2D eigenvalue weighted by molar-refractivity contribution is 0.204. The second-order valence-electron chi connectivity index (χ2n) is 4.63. The highest BCUT2D eigenvalue weighted by Crippen LogP contribution is 2.34. The summed E-state index contributed by atoms with van der Waals surface area (Å²) in [6, 6.07) is 0. The molecular weight excluding hydrogens is 162 g/mol. The average molecular weight is 185 g/mol. The van der Waals surface area contributed by atoms with Crippen molar-refractivity contribution in [2.75, 3.05) is 19.7 Å². The van der Waals surface area contributed by atoms with Crippen LogP contribution >= 0.6 is 0 Å². The van der Waals surface area contributed by atoms with E-state index in [4.69, 9.17) is 5.11 Å². The van der Waals surface area contributed by atoms with E-state index in [2.05, 4.69) is 12.2 Å². The number of rotatable bonds is 5. The van der Waals surface area contributed by atoms with Crippen LogP contribution in [0.3, 0.4) is 0 Å². The summed E-state index contributed by atoms with van der Waals surface area (Å²) in [4.78, 5) is 0. The van der Waals surface area contributed by atoms with Crippen molar-refractivity contribution in [3.63, 3.8) is 0 Å². The topological polar surface area (TPSA) is 32.3 Å². The van der Waals surface area contributed by atoms with Gasteiger partial charge in [-0.25, -0.2) is 0 Å². The molecule has 78 valence electrons. The molecule has 1 aliphatic carbocycles. The summed E-state index contributed by atoms with van der Waals surface area (Å²) in [5, 5.41) is 12.1. The van der Waals surface area contributed by atoms with Crippen molar-refractivity contribution in [3.8, 4) is 0 Å². The zero-order chi connectivity index (χ0) is 9.57. The molecule has 1 aliphatic rings. The molecule has 0 unspecified atom stereocenters. The van der Waals surface area contributed by atoms with Crippen LogP contribution in [-0.4, -0.2) is 24.8 Å². The third kappa shape index (κ3) is 4.10. The van der Waals surface area contributed by atoms with Gasteiger partial charge in [0.1, 0.15) is 0 Å². The number of hydrogen-bond acceptors (Lipinski definition) is 2. The van der Waals surface area contributed by atoms with E-state index >= 15 is 0 Å². The van der Waals surface area contributed by atoms with Gasteiger partial charge in [0.05, 0.1) is 0 Å². The van der Waals surface area contributed by atoms with Gasteiger partial charge in [-0.3, -0.25) is 0 Å². The molecule has 1 rings (SSSR count). The van der Waals surface area contributed by atoms with Crippen LogP contribution in [0.25, 0.3) is 0 Å². The van der Waals surface area contributed by atoms with Gasteiger partial charge in [-0.05, 0) is 31.2 Å². The quantitative estimate of drug-likeness (QED) is 0.641. The predicted molar refractivity (Wildman–Crippen MR) is 55.8 cm³/mol. The molecule has 1 fully saturated rings. The van der Waals surface area contributed by atoms with Crippen LogP contribution < -0.4 is 5.32 Å². The second kappa shape index (κ2) is 5.61. The van der Waals surface area contributed by atoms with Crippen molar-refractivity contribution in [3.05, 3.63) is 0 Å². The van der Waals surface area contributed by atoms with Gasteiger partial charge in [-0.15, -0.1) is 0 Å². The van der Waals surface area contributed by atoms with Crippen LogP contribution in [0.5, 0.6) is 0 Å². The predicted octanol–water partition coefficient (Wildman–Crippen LogP) is 1.93. The standard InChI is InChI=1S/C11H23NO/c1-11(6-3-2-4-7-11)10-12-8-5-9-13/h12-13H,2-10H2,1H3. The van der Waals surface area contributed by atoms with Crippen LogP contribution in [0, 0.1) is 5.41 Å². The first-order valence-corrected chi connectivity index (χ1v) is 5.58. The van der Waals surface area contributed by atoms with Gasteiger partial charge >= 0.3 is 0 Å². The Morgan fingerprint density at radius 3 is 2.54 bits per heavy atom. The smallest absolute Gasteiger partial charge is 0.0443 e. The van der Waals surface area contributed by atoms with Gasteiger partial charge in [-0.1, -0.05) is 26.2 Å². The lowest BCUT2D eigenvalue weighted by atomic mass is 9.76. The fourth-order valence-corrected chi connectivity index (χ4v) is 2.18. The Hall–Kier alpha value is -0.0800. The molecule has 0 radical (unpaired) electrons. The van der Waals surface area contributed by atoms with Gasteiger partial charge in [0, 0.05) is 13.2 Å². The molecule has 1 saturated carbocycles. The van der Waals surface area contributed by atoms with Gasteiger partial charge in [0.25, 0.3) is 0 Å². The number of hydrogen-bond donors (Lipinski definition) is 2.